The van der Waals surface area contributed by atoms with E-state index in [0.717, 1.165) is 5.16 Å². The SMILES string of the molecule is COc1ccc(Cl)cc1NC(=O)c1ccc(CSc2nccn2C)o1. The summed E-state index contributed by atoms with van der Waals surface area (Å²) >= 11 is 7.50. The van der Waals surface area contributed by atoms with Gasteiger partial charge in [-0.3, -0.25) is 4.79 Å². The van der Waals surface area contributed by atoms with Crippen molar-refractivity contribution in [3.05, 3.63) is 59.3 Å². The van der Waals surface area contributed by atoms with Crippen LogP contribution in [0, 0.1) is 0 Å². The molecule has 0 saturated heterocycles. The lowest BCUT2D eigenvalue weighted by Gasteiger charge is -2.09. The summed E-state index contributed by atoms with van der Waals surface area (Å²) in [5.74, 6) is 1.65. The molecule has 0 radical (unpaired) electrons. The number of carbonyl (C=O) groups is 1. The van der Waals surface area contributed by atoms with Gasteiger partial charge in [-0.2, -0.15) is 0 Å². The lowest BCUT2D eigenvalue weighted by atomic mass is 10.3. The van der Waals surface area contributed by atoms with Gasteiger partial charge >= 0.3 is 0 Å². The molecule has 0 aliphatic rings. The van der Waals surface area contributed by atoms with E-state index in [1.54, 1.807) is 36.5 Å². The van der Waals surface area contributed by atoms with Gasteiger partial charge in [0, 0.05) is 24.5 Å². The fraction of sp³-hybridized carbons (Fsp3) is 0.176. The average Bonchev–Trinajstić information content (AvgIpc) is 3.22. The number of aryl methyl sites for hydroxylation is 1. The largest absolute Gasteiger partial charge is 0.495 e. The van der Waals surface area contributed by atoms with E-state index in [2.05, 4.69) is 10.3 Å². The molecule has 0 aliphatic heterocycles. The molecule has 0 unspecified atom stereocenters. The fourth-order valence-electron chi connectivity index (χ4n) is 2.17. The van der Waals surface area contributed by atoms with Crippen molar-refractivity contribution < 1.29 is 13.9 Å². The van der Waals surface area contributed by atoms with Crippen molar-refractivity contribution in [2.45, 2.75) is 10.9 Å². The summed E-state index contributed by atoms with van der Waals surface area (Å²) < 4.78 is 12.8. The third-order valence-corrected chi connectivity index (χ3v) is 4.73. The molecular weight excluding hydrogens is 362 g/mol. The molecule has 1 aromatic carbocycles. The summed E-state index contributed by atoms with van der Waals surface area (Å²) in [4.78, 5) is 16.6. The second kappa shape index (κ2) is 7.67. The maximum Gasteiger partial charge on any atom is 0.291 e. The Kier molecular flexibility index (Phi) is 5.35. The molecule has 1 N–H and O–H groups in total. The van der Waals surface area contributed by atoms with Gasteiger partial charge in [-0.1, -0.05) is 23.4 Å². The predicted octanol–water partition coefficient (Wildman–Crippen LogP) is 4.22. The van der Waals surface area contributed by atoms with Crippen LogP contribution in [0.15, 0.2) is 52.3 Å². The number of aromatic nitrogens is 2. The van der Waals surface area contributed by atoms with E-state index in [0.29, 0.717) is 28.0 Å². The van der Waals surface area contributed by atoms with Crippen molar-refractivity contribution in [1.29, 1.82) is 0 Å². The number of furan rings is 1. The van der Waals surface area contributed by atoms with E-state index < -0.39 is 0 Å². The van der Waals surface area contributed by atoms with Crippen molar-refractivity contribution in [2.75, 3.05) is 12.4 Å². The number of halogens is 1. The number of methoxy groups -OCH3 is 1. The minimum absolute atomic E-state index is 0.220. The maximum absolute atomic E-state index is 12.4. The van der Waals surface area contributed by atoms with Crippen LogP contribution in [0.1, 0.15) is 16.3 Å². The lowest BCUT2D eigenvalue weighted by molar-refractivity contribution is 0.0995. The van der Waals surface area contributed by atoms with E-state index in [-0.39, 0.29) is 11.7 Å². The van der Waals surface area contributed by atoms with Crippen LogP contribution in [-0.4, -0.2) is 22.6 Å². The number of ether oxygens (including phenoxy) is 1. The molecule has 2 heterocycles. The quantitative estimate of drug-likeness (QED) is 0.651. The zero-order chi connectivity index (χ0) is 17.8. The zero-order valence-electron chi connectivity index (χ0n) is 13.7. The van der Waals surface area contributed by atoms with E-state index in [1.807, 2.05) is 17.8 Å². The number of hydrogen-bond acceptors (Lipinski definition) is 5. The van der Waals surface area contributed by atoms with Crippen LogP contribution in [-0.2, 0) is 12.8 Å². The summed E-state index contributed by atoms with van der Waals surface area (Å²) in [6.07, 6.45) is 3.61. The third kappa shape index (κ3) is 4.18. The second-order valence-corrected chi connectivity index (χ2v) is 6.55. The predicted molar refractivity (Wildman–Crippen MR) is 97.4 cm³/mol. The topological polar surface area (TPSA) is 69.3 Å². The van der Waals surface area contributed by atoms with E-state index in [9.17, 15) is 4.79 Å². The molecule has 3 aromatic rings. The first-order valence-corrected chi connectivity index (χ1v) is 8.77. The molecular formula is C17H16ClN3O3S. The number of thioether (sulfide) groups is 1. The molecule has 3 rings (SSSR count). The van der Waals surface area contributed by atoms with E-state index >= 15 is 0 Å². The molecule has 0 aliphatic carbocycles. The van der Waals surface area contributed by atoms with E-state index in [1.165, 1.54) is 18.9 Å². The molecule has 8 heteroatoms. The summed E-state index contributed by atoms with van der Waals surface area (Å²) in [5, 5.41) is 4.13. The summed E-state index contributed by atoms with van der Waals surface area (Å²) in [7, 11) is 3.45. The maximum atomic E-state index is 12.4. The van der Waals surface area contributed by atoms with Crippen molar-refractivity contribution in [3.63, 3.8) is 0 Å². The zero-order valence-corrected chi connectivity index (χ0v) is 15.2. The lowest BCUT2D eigenvalue weighted by Crippen LogP contribution is -2.11. The highest BCUT2D eigenvalue weighted by Gasteiger charge is 2.15. The Labute approximate surface area is 154 Å². The van der Waals surface area contributed by atoms with Crippen LogP contribution in [0.25, 0.3) is 0 Å². The van der Waals surface area contributed by atoms with Crippen molar-refractivity contribution >= 4 is 35.0 Å². The number of carbonyl (C=O) groups excluding carboxylic acids is 1. The van der Waals surface area contributed by atoms with Gasteiger partial charge in [-0.25, -0.2) is 4.98 Å². The minimum Gasteiger partial charge on any atom is -0.495 e. The Hall–Kier alpha value is -2.38. The van der Waals surface area contributed by atoms with Crippen molar-refractivity contribution in [2.24, 2.45) is 7.05 Å². The Balaban J connectivity index is 1.66. The van der Waals surface area contributed by atoms with Gasteiger partial charge in [0.25, 0.3) is 5.91 Å². The number of nitrogens with one attached hydrogen (secondary N) is 1. The first kappa shape index (κ1) is 17.4. The highest BCUT2D eigenvalue weighted by molar-refractivity contribution is 7.98. The first-order valence-electron chi connectivity index (χ1n) is 7.40. The monoisotopic (exact) mass is 377 g/mol. The summed E-state index contributed by atoms with van der Waals surface area (Å²) in [6, 6.07) is 8.42. The van der Waals surface area contributed by atoms with Crippen molar-refractivity contribution in [1.82, 2.24) is 9.55 Å². The third-order valence-electron chi connectivity index (χ3n) is 3.42. The molecule has 1 amide bonds. The molecule has 0 atom stereocenters. The fourth-order valence-corrected chi connectivity index (χ4v) is 3.16. The van der Waals surface area contributed by atoms with Gasteiger partial charge in [0.2, 0.25) is 0 Å². The van der Waals surface area contributed by atoms with Crippen LogP contribution in [0.4, 0.5) is 5.69 Å². The van der Waals surface area contributed by atoms with Gasteiger partial charge < -0.3 is 19.0 Å². The number of nitrogens with zero attached hydrogens (tertiary/aromatic N) is 2. The van der Waals surface area contributed by atoms with Crippen LogP contribution >= 0.6 is 23.4 Å². The molecule has 25 heavy (non-hydrogen) atoms. The van der Waals surface area contributed by atoms with Gasteiger partial charge in [-0.05, 0) is 30.3 Å². The van der Waals surface area contributed by atoms with Gasteiger partial charge in [0.05, 0.1) is 18.6 Å². The molecule has 0 spiro atoms. The number of hydrogen-bond donors (Lipinski definition) is 1. The number of anilines is 1. The standard InChI is InChI=1S/C17H16ClN3O3S/c1-21-8-7-19-17(21)25-10-12-4-6-15(24-12)16(22)20-13-9-11(18)3-5-14(13)23-2/h3-9H,10H2,1-2H3,(H,20,22). The van der Waals surface area contributed by atoms with Gasteiger partial charge in [0.1, 0.15) is 11.5 Å². The number of benzene rings is 1. The molecule has 0 saturated carbocycles. The van der Waals surface area contributed by atoms with E-state index in [4.69, 9.17) is 20.8 Å². The smallest absolute Gasteiger partial charge is 0.291 e. The minimum atomic E-state index is -0.367. The molecule has 0 fully saturated rings. The Morgan fingerprint density at radius 2 is 2.24 bits per heavy atom. The van der Waals surface area contributed by atoms with Gasteiger partial charge in [0.15, 0.2) is 10.9 Å². The normalized spacial score (nSPS) is 10.7. The van der Waals surface area contributed by atoms with Crippen LogP contribution in [0.2, 0.25) is 5.02 Å². The Morgan fingerprint density at radius 1 is 1.40 bits per heavy atom. The first-order chi connectivity index (χ1) is 12.1. The van der Waals surface area contributed by atoms with Crippen molar-refractivity contribution in [3.8, 4) is 5.75 Å². The number of amides is 1. The average molecular weight is 378 g/mol. The molecule has 6 nitrogen and oxygen atoms in total. The number of imidazole rings is 1. The number of rotatable bonds is 6. The second-order valence-electron chi connectivity index (χ2n) is 5.17. The molecule has 0 bridgehead atoms. The van der Waals surface area contributed by atoms with Crippen LogP contribution in [0.5, 0.6) is 5.75 Å². The van der Waals surface area contributed by atoms with Gasteiger partial charge in [-0.15, -0.1) is 0 Å². The summed E-state index contributed by atoms with van der Waals surface area (Å²) in [5.41, 5.74) is 0.486. The highest BCUT2D eigenvalue weighted by Crippen LogP contribution is 2.28. The molecule has 130 valence electrons. The van der Waals surface area contributed by atoms with Crippen LogP contribution < -0.4 is 10.1 Å². The highest BCUT2D eigenvalue weighted by atomic mass is 35.5. The molecule has 2 aromatic heterocycles. The Morgan fingerprint density at radius 3 is 2.96 bits per heavy atom. The summed E-state index contributed by atoms with van der Waals surface area (Å²) in [6.45, 7) is 0. The Bertz CT molecular complexity index is 891. The van der Waals surface area contributed by atoms with Crippen LogP contribution in [0.3, 0.4) is 0 Å².